The molecule has 0 aliphatic heterocycles. The lowest BCUT2D eigenvalue weighted by atomic mass is 10.1. The monoisotopic (exact) mass is 248 g/mol. The fourth-order valence-electron chi connectivity index (χ4n) is 2.12. The van der Waals surface area contributed by atoms with Gasteiger partial charge in [-0.3, -0.25) is 0 Å². The minimum atomic E-state index is 1.08. The van der Waals surface area contributed by atoms with Crippen molar-refractivity contribution in [2.45, 2.75) is 71.1 Å². The van der Waals surface area contributed by atoms with Crippen molar-refractivity contribution in [1.82, 2.24) is 0 Å². The zero-order chi connectivity index (χ0) is 12.9. The first-order valence-corrected chi connectivity index (χ1v) is 7.61. The standard InChI is InChI=1S/C17H28O/c1-2-3-4-5-6-7-8-9-10-11-12-14-17-15-13-16-18-17/h8-9,13,15-16H,2-7,10-12,14H2,1H3/b9-8-. The van der Waals surface area contributed by atoms with Crippen LogP contribution in [0.15, 0.2) is 35.0 Å². The van der Waals surface area contributed by atoms with Gasteiger partial charge in [-0.2, -0.15) is 0 Å². The molecule has 1 heterocycles. The molecule has 0 aliphatic rings. The van der Waals surface area contributed by atoms with Gasteiger partial charge in [0.15, 0.2) is 0 Å². The van der Waals surface area contributed by atoms with Gasteiger partial charge in [0.25, 0.3) is 0 Å². The molecule has 102 valence electrons. The molecule has 1 aromatic rings. The quantitative estimate of drug-likeness (QED) is 0.350. The summed E-state index contributed by atoms with van der Waals surface area (Å²) in [5, 5.41) is 0. The maximum Gasteiger partial charge on any atom is 0.103 e. The first-order valence-electron chi connectivity index (χ1n) is 7.61. The summed E-state index contributed by atoms with van der Waals surface area (Å²) in [6.45, 7) is 2.27. The van der Waals surface area contributed by atoms with Gasteiger partial charge in [0.1, 0.15) is 5.76 Å². The Kier molecular flexibility index (Phi) is 9.32. The van der Waals surface area contributed by atoms with E-state index in [1.807, 2.05) is 6.07 Å². The number of hydrogen-bond acceptors (Lipinski definition) is 1. The van der Waals surface area contributed by atoms with Crippen LogP contribution in [0.3, 0.4) is 0 Å². The number of rotatable bonds is 11. The Hall–Kier alpha value is -0.980. The van der Waals surface area contributed by atoms with E-state index in [0.29, 0.717) is 0 Å². The Morgan fingerprint density at radius 3 is 2.33 bits per heavy atom. The molecular weight excluding hydrogens is 220 g/mol. The second-order valence-electron chi connectivity index (χ2n) is 5.00. The molecule has 0 N–H and O–H groups in total. The lowest BCUT2D eigenvalue weighted by molar-refractivity contribution is 0.498. The van der Waals surface area contributed by atoms with Crippen molar-refractivity contribution in [2.75, 3.05) is 0 Å². The summed E-state index contributed by atoms with van der Waals surface area (Å²) in [6.07, 6.45) is 19.4. The molecule has 0 aliphatic carbocycles. The first-order chi connectivity index (χ1) is 8.93. The smallest absolute Gasteiger partial charge is 0.103 e. The van der Waals surface area contributed by atoms with Crippen LogP contribution >= 0.6 is 0 Å². The summed E-state index contributed by atoms with van der Waals surface area (Å²) < 4.78 is 5.31. The van der Waals surface area contributed by atoms with E-state index >= 15 is 0 Å². The topological polar surface area (TPSA) is 13.1 Å². The summed E-state index contributed by atoms with van der Waals surface area (Å²) in [5.41, 5.74) is 0. The lowest BCUT2D eigenvalue weighted by Gasteiger charge is -1.97. The van der Waals surface area contributed by atoms with Crippen molar-refractivity contribution in [3.63, 3.8) is 0 Å². The zero-order valence-electron chi connectivity index (χ0n) is 11.9. The van der Waals surface area contributed by atoms with Crippen LogP contribution in [0, 0.1) is 0 Å². The number of aryl methyl sites for hydroxylation is 1. The van der Waals surface area contributed by atoms with E-state index < -0.39 is 0 Å². The van der Waals surface area contributed by atoms with Gasteiger partial charge in [0.2, 0.25) is 0 Å². The zero-order valence-corrected chi connectivity index (χ0v) is 11.9. The summed E-state index contributed by atoms with van der Waals surface area (Å²) in [4.78, 5) is 0. The highest BCUT2D eigenvalue weighted by Gasteiger charge is 1.94. The minimum Gasteiger partial charge on any atom is -0.469 e. The summed E-state index contributed by atoms with van der Waals surface area (Å²) in [5.74, 6) is 1.12. The maximum atomic E-state index is 5.31. The van der Waals surface area contributed by atoms with Crippen LogP contribution < -0.4 is 0 Å². The van der Waals surface area contributed by atoms with Gasteiger partial charge < -0.3 is 4.42 Å². The fraction of sp³-hybridized carbons (Fsp3) is 0.647. The second kappa shape index (κ2) is 11.1. The summed E-state index contributed by atoms with van der Waals surface area (Å²) >= 11 is 0. The van der Waals surface area contributed by atoms with E-state index in [1.165, 1.54) is 57.8 Å². The molecule has 18 heavy (non-hydrogen) atoms. The predicted octanol–water partition coefficient (Wildman–Crippen LogP) is 5.91. The van der Waals surface area contributed by atoms with Crippen LogP contribution in [0.2, 0.25) is 0 Å². The SMILES string of the molecule is CCCCCCC/C=C\CCCCc1ccco1. The van der Waals surface area contributed by atoms with Gasteiger partial charge in [-0.25, -0.2) is 0 Å². The molecule has 0 radical (unpaired) electrons. The normalized spacial score (nSPS) is 11.4. The van der Waals surface area contributed by atoms with E-state index in [4.69, 9.17) is 4.42 Å². The largest absolute Gasteiger partial charge is 0.469 e. The van der Waals surface area contributed by atoms with E-state index in [2.05, 4.69) is 25.1 Å². The lowest BCUT2D eigenvalue weighted by Crippen LogP contribution is -1.81. The Morgan fingerprint density at radius 2 is 1.67 bits per heavy atom. The van der Waals surface area contributed by atoms with Crippen LogP contribution in [-0.2, 0) is 6.42 Å². The van der Waals surface area contributed by atoms with Crippen molar-refractivity contribution in [1.29, 1.82) is 0 Å². The molecule has 0 spiro atoms. The molecule has 0 amide bonds. The Labute approximate surface area is 112 Å². The number of allylic oxidation sites excluding steroid dienone is 2. The van der Waals surface area contributed by atoms with Crippen LogP contribution in [0.25, 0.3) is 0 Å². The van der Waals surface area contributed by atoms with Gasteiger partial charge in [0.05, 0.1) is 6.26 Å². The van der Waals surface area contributed by atoms with Crippen molar-refractivity contribution in [3.8, 4) is 0 Å². The molecule has 1 aromatic heterocycles. The third-order valence-electron chi connectivity index (χ3n) is 3.27. The van der Waals surface area contributed by atoms with Gasteiger partial charge in [-0.1, -0.05) is 44.8 Å². The van der Waals surface area contributed by atoms with Gasteiger partial charge in [0, 0.05) is 6.42 Å². The van der Waals surface area contributed by atoms with Crippen LogP contribution in [0.1, 0.15) is 70.5 Å². The van der Waals surface area contributed by atoms with Crippen LogP contribution in [-0.4, -0.2) is 0 Å². The first kappa shape index (κ1) is 15.1. The number of unbranched alkanes of at least 4 members (excludes halogenated alkanes) is 7. The van der Waals surface area contributed by atoms with E-state index in [1.54, 1.807) is 6.26 Å². The highest BCUT2D eigenvalue weighted by molar-refractivity contribution is 4.97. The van der Waals surface area contributed by atoms with Crippen LogP contribution in [0.4, 0.5) is 0 Å². The van der Waals surface area contributed by atoms with Crippen molar-refractivity contribution >= 4 is 0 Å². The third kappa shape index (κ3) is 8.16. The molecule has 0 saturated carbocycles. The van der Waals surface area contributed by atoms with Crippen molar-refractivity contribution in [3.05, 3.63) is 36.3 Å². The Bertz CT molecular complexity index is 285. The summed E-state index contributed by atoms with van der Waals surface area (Å²) in [6, 6.07) is 4.03. The number of furan rings is 1. The highest BCUT2D eigenvalue weighted by atomic mass is 16.3. The summed E-state index contributed by atoms with van der Waals surface area (Å²) in [7, 11) is 0. The van der Waals surface area contributed by atoms with Crippen LogP contribution in [0.5, 0.6) is 0 Å². The molecule has 1 nitrogen and oxygen atoms in total. The van der Waals surface area contributed by atoms with Gasteiger partial charge in [-0.05, 0) is 44.2 Å². The van der Waals surface area contributed by atoms with E-state index in [9.17, 15) is 0 Å². The molecule has 1 rings (SSSR count). The van der Waals surface area contributed by atoms with Crippen molar-refractivity contribution in [2.24, 2.45) is 0 Å². The Balaban J connectivity index is 1.82. The maximum absolute atomic E-state index is 5.31. The molecule has 1 heteroatoms. The Morgan fingerprint density at radius 1 is 0.944 bits per heavy atom. The molecule has 0 aromatic carbocycles. The predicted molar refractivity (Wildman–Crippen MR) is 78.8 cm³/mol. The molecule has 0 unspecified atom stereocenters. The molecule has 0 atom stereocenters. The van der Waals surface area contributed by atoms with Crippen molar-refractivity contribution < 1.29 is 4.42 Å². The fourth-order valence-corrected chi connectivity index (χ4v) is 2.12. The number of hydrogen-bond donors (Lipinski definition) is 0. The molecule has 0 saturated heterocycles. The van der Waals surface area contributed by atoms with Gasteiger partial charge in [-0.15, -0.1) is 0 Å². The average molecular weight is 248 g/mol. The molecule has 0 bridgehead atoms. The third-order valence-corrected chi connectivity index (χ3v) is 3.27. The highest BCUT2D eigenvalue weighted by Crippen LogP contribution is 2.08. The molecule has 0 fully saturated rings. The average Bonchev–Trinajstić information content (AvgIpc) is 2.89. The minimum absolute atomic E-state index is 1.08. The van der Waals surface area contributed by atoms with E-state index in [-0.39, 0.29) is 0 Å². The van der Waals surface area contributed by atoms with E-state index in [0.717, 1.165) is 12.2 Å². The molecular formula is C17H28O. The second-order valence-corrected chi connectivity index (χ2v) is 5.00. The van der Waals surface area contributed by atoms with Gasteiger partial charge >= 0.3 is 0 Å².